The number of hydrogen-bond donors (Lipinski definition) is 1. The van der Waals surface area contributed by atoms with E-state index in [4.69, 9.17) is 0 Å². The van der Waals surface area contributed by atoms with Gasteiger partial charge in [-0.25, -0.2) is 9.07 Å². The van der Waals surface area contributed by atoms with Crippen molar-refractivity contribution in [3.63, 3.8) is 0 Å². The van der Waals surface area contributed by atoms with Crippen molar-refractivity contribution in [2.75, 3.05) is 16.8 Å². The molecule has 1 N–H and O–H groups in total. The first-order valence-corrected chi connectivity index (χ1v) is 8.31. The summed E-state index contributed by atoms with van der Waals surface area (Å²) in [5.41, 5.74) is 1.54. The van der Waals surface area contributed by atoms with Crippen LogP contribution in [0.5, 0.6) is 0 Å². The monoisotopic (exact) mass is 366 g/mol. The lowest BCUT2D eigenvalue weighted by atomic mass is 10.1. The number of hydrogen-bond acceptors (Lipinski definition) is 5. The number of nitrogens with one attached hydrogen (secondary N) is 1. The molecule has 0 aliphatic carbocycles. The van der Waals surface area contributed by atoms with Crippen LogP contribution >= 0.6 is 0 Å². The lowest BCUT2D eigenvalue weighted by Crippen LogP contribution is -2.28. The Morgan fingerprint density at radius 3 is 2.63 bits per heavy atom. The Kier molecular flexibility index (Phi) is 4.33. The van der Waals surface area contributed by atoms with Gasteiger partial charge in [0.15, 0.2) is 0 Å². The molecule has 1 atom stereocenters. The third-order valence-electron chi connectivity index (χ3n) is 4.39. The van der Waals surface area contributed by atoms with Gasteiger partial charge in [0.25, 0.3) is 0 Å². The highest BCUT2D eigenvalue weighted by atomic mass is 19.1. The van der Waals surface area contributed by atoms with Gasteiger partial charge in [-0.3, -0.25) is 9.59 Å². The van der Waals surface area contributed by atoms with E-state index in [1.807, 2.05) is 0 Å². The van der Waals surface area contributed by atoms with E-state index in [-0.39, 0.29) is 30.5 Å². The van der Waals surface area contributed by atoms with Gasteiger partial charge >= 0.3 is 0 Å². The molecular weight excluding hydrogens is 351 g/mol. The summed E-state index contributed by atoms with van der Waals surface area (Å²) in [6, 6.07) is 13.0. The highest BCUT2D eigenvalue weighted by molar-refractivity contribution is 6.03. The second-order valence-electron chi connectivity index (χ2n) is 6.15. The van der Waals surface area contributed by atoms with E-state index in [1.165, 1.54) is 28.0 Å². The highest BCUT2D eigenvalue weighted by Crippen LogP contribution is 2.28. The molecule has 2 aromatic carbocycles. The van der Waals surface area contributed by atoms with Crippen LogP contribution < -0.4 is 10.2 Å². The molecule has 0 saturated carbocycles. The molecule has 8 nitrogen and oxygen atoms in total. The maximum absolute atomic E-state index is 13.9. The molecule has 27 heavy (non-hydrogen) atoms. The van der Waals surface area contributed by atoms with Crippen molar-refractivity contribution in [1.82, 2.24) is 20.2 Å². The van der Waals surface area contributed by atoms with E-state index < -0.39 is 11.7 Å². The molecular formula is C18H15FN6O2. The van der Waals surface area contributed by atoms with Crippen molar-refractivity contribution >= 4 is 23.2 Å². The molecule has 2 amide bonds. The minimum atomic E-state index is -0.545. The Hall–Kier alpha value is -3.62. The molecule has 4 rings (SSSR count). The van der Waals surface area contributed by atoms with Gasteiger partial charge in [0.05, 0.1) is 17.3 Å². The number of anilines is 2. The molecule has 3 aromatic rings. The van der Waals surface area contributed by atoms with E-state index in [1.54, 1.807) is 36.4 Å². The molecule has 136 valence electrons. The number of halogens is 1. The number of amides is 2. The number of aromatic nitrogens is 4. The Balaban J connectivity index is 1.43. The molecule has 1 fully saturated rings. The number of carbonyl (C=O) groups excluding carboxylic acids is 2. The molecule has 9 heteroatoms. The maximum Gasteiger partial charge on any atom is 0.229 e. The Labute approximate surface area is 153 Å². The van der Waals surface area contributed by atoms with Crippen molar-refractivity contribution < 1.29 is 14.0 Å². The molecule has 2 heterocycles. The van der Waals surface area contributed by atoms with Crippen LogP contribution in [0.2, 0.25) is 0 Å². The van der Waals surface area contributed by atoms with Gasteiger partial charge in [0, 0.05) is 18.7 Å². The average Bonchev–Trinajstić information content (AvgIpc) is 3.33. The van der Waals surface area contributed by atoms with Crippen molar-refractivity contribution in [2.45, 2.75) is 6.42 Å². The second kappa shape index (κ2) is 6.94. The van der Waals surface area contributed by atoms with Crippen molar-refractivity contribution in [1.29, 1.82) is 0 Å². The molecule has 1 aliphatic rings. The number of benzene rings is 2. The predicted molar refractivity (Wildman–Crippen MR) is 94.6 cm³/mol. The third-order valence-corrected chi connectivity index (χ3v) is 4.39. The summed E-state index contributed by atoms with van der Waals surface area (Å²) in [5.74, 6) is -1.58. The molecule has 0 unspecified atom stereocenters. The van der Waals surface area contributed by atoms with Crippen molar-refractivity contribution in [2.24, 2.45) is 5.92 Å². The Morgan fingerprint density at radius 2 is 1.93 bits per heavy atom. The van der Waals surface area contributed by atoms with Gasteiger partial charge in [0.1, 0.15) is 12.1 Å². The highest BCUT2D eigenvalue weighted by Gasteiger charge is 2.36. The van der Waals surface area contributed by atoms with Crippen LogP contribution in [0, 0.1) is 11.7 Å². The van der Waals surface area contributed by atoms with Crippen LogP contribution in [0.25, 0.3) is 5.69 Å². The van der Waals surface area contributed by atoms with Crippen LogP contribution in [-0.2, 0) is 9.59 Å². The quantitative estimate of drug-likeness (QED) is 0.760. The SMILES string of the molecule is O=C(Nc1ccc(-n2cnnn2)cc1)[C@H]1CC(=O)N(c2ccccc2F)C1. The molecule has 1 saturated heterocycles. The molecule has 0 bridgehead atoms. The third kappa shape index (κ3) is 3.39. The summed E-state index contributed by atoms with van der Waals surface area (Å²) >= 11 is 0. The smallest absolute Gasteiger partial charge is 0.229 e. The second-order valence-corrected chi connectivity index (χ2v) is 6.15. The first-order valence-electron chi connectivity index (χ1n) is 8.31. The molecule has 0 radical (unpaired) electrons. The van der Waals surface area contributed by atoms with E-state index in [9.17, 15) is 14.0 Å². The summed E-state index contributed by atoms with van der Waals surface area (Å²) in [4.78, 5) is 26.1. The zero-order valence-corrected chi connectivity index (χ0v) is 14.1. The minimum absolute atomic E-state index is 0.0445. The largest absolute Gasteiger partial charge is 0.326 e. The van der Waals surface area contributed by atoms with E-state index in [0.717, 1.165) is 5.69 Å². The van der Waals surface area contributed by atoms with Crippen molar-refractivity contribution in [3.05, 3.63) is 60.7 Å². The van der Waals surface area contributed by atoms with Gasteiger partial charge < -0.3 is 10.2 Å². The van der Waals surface area contributed by atoms with Gasteiger partial charge in [-0.1, -0.05) is 12.1 Å². The average molecular weight is 366 g/mol. The van der Waals surface area contributed by atoms with Crippen LogP contribution in [0.4, 0.5) is 15.8 Å². The summed E-state index contributed by atoms with van der Waals surface area (Å²) in [7, 11) is 0. The number of rotatable bonds is 4. The van der Waals surface area contributed by atoms with Crippen LogP contribution in [0.1, 0.15) is 6.42 Å². The van der Waals surface area contributed by atoms with Crippen LogP contribution in [-0.4, -0.2) is 38.6 Å². The van der Waals surface area contributed by atoms with Crippen LogP contribution in [0.15, 0.2) is 54.9 Å². The zero-order valence-electron chi connectivity index (χ0n) is 14.1. The van der Waals surface area contributed by atoms with E-state index in [2.05, 4.69) is 20.8 Å². The maximum atomic E-state index is 13.9. The fourth-order valence-electron chi connectivity index (χ4n) is 3.01. The summed E-state index contributed by atoms with van der Waals surface area (Å²) in [6.45, 7) is 0.147. The summed E-state index contributed by atoms with van der Waals surface area (Å²) in [5, 5.41) is 13.7. The first-order chi connectivity index (χ1) is 13.1. The fourth-order valence-corrected chi connectivity index (χ4v) is 3.01. The summed E-state index contributed by atoms with van der Waals surface area (Å²) < 4.78 is 15.4. The lowest BCUT2D eigenvalue weighted by molar-refractivity contribution is -0.122. The standard InChI is InChI=1S/C18H15FN6O2/c19-15-3-1-2-4-16(15)24-10-12(9-17(24)26)18(27)21-13-5-7-14(8-6-13)25-11-20-22-23-25/h1-8,11-12H,9-10H2,(H,21,27)/t12-/m0/s1. The normalized spacial score (nSPS) is 16.6. The Morgan fingerprint density at radius 1 is 1.15 bits per heavy atom. The summed E-state index contributed by atoms with van der Waals surface area (Å²) in [6.07, 6.45) is 1.51. The number of nitrogens with zero attached hydrogens (tertiary/aromatic N) is 5. The predicted octanol–water partition coefficient (Wildman–Crippen LogP) is 1.79. The van der Waals surface area contributed by atoms with Gasteiger partial charge in [-0.15, -0.1) is 5.10 Å². The molecule has 1 aliphatic heterocycles. The van der Waals surface area contributed by atoms with E-state index in [0.29, 0.717) is 5.69 Å². The number of carbonyl (C=O) groups is 2. The molecule has 1 aromatic heterocycles. The van der Waals surface area contributed by atoms with Gasteiger partial charge in [-0.05, 0) is 46.8 Å². The van der Waals surface area contributed by atoms with Crippen LogP contribution in [0.3, 0.4) is 0 Å². The number of para-hydroxylation sites is 1. The van der Waals surface area contributed by atoms with E-state index >= 15 is 0 Å². The van der Waals surface area contributed by atoms with Gasteiger partial charge in [0.2, 0.25) is 11.8 Å². The fraction of sp³-hybridized carbons (Fsp3) is 0.167. The first kappa shape index (κ1) is 16.8. The molecule has 0 spiro atoms. The topological polar surface area (TPSA) is 93.0 Å². The zero-order chi connectivity index (χ0) is 18.8. The lowest BCUT2D eigenvalue weighted by Gasteiger charge is -2.17. The Bertz CT molecular complexity index is 974. The number of tetrazole rings is 1. The minimum Gasteiger partial charge on any atom is -0.326 e. The van der Waals surface area contributed by atoms with Gasteiger partial charge in [-0.2, -0.15) is 0 Å². The van der Waals surface area contributed by atoms with Crippen molar-refractivity contribution in [3.8, 4) is 5.69 Å².